The van der Waals surface area contributed by atoms with Crippen molar-refractivity contribution in [3.63, 3.8) is 0 Å². The second-order valence-corrected chi connectivity index (χ2v) is 16.1. The highest BCUT2D eigenvalue weighted by Gasteiger charge is 2.29. The van der Waals surface area contributed by atoms with Crippen molar-refractivity contribution < 1.29 is 48.1 Å². The van der Waals surface area contributed by atoms with Crippen molar-refractivity contribution in [1.82, 2.24) is 15.2 Å². The topological polar surface area (TPSA) is 191 Å². The van der Waals surface area contributed by atoms with Gasteiger partial charge >= 0.3 is 5.97 Å². The highest BCUT2D eigenvalue weighted by molar-refractivity contribution is 6.09. The number of hydrogen-bond acceptors (Lipinski definition) is 10. The Labute approximate surface area is 370 Å². The molecule has 0 bridgehead atoms. The third kappa shape index (κ3) is 10.2. The molecule has 64 heavy (non-hydrogen) atoms. The Bertz CT molecular complexity index is 2810. The van der Waals surface area contributed by atoms with Gasteiger partial charge in [0.2, 0.25) is 17.2 Å². The summed E-state index contributed by atoms with van der Waals surface area (Å²) in [5, 5.41) is 29.1. The number of aliphatic carboxylic acids is 1. The van der Waals surface area contributed by atoms with Crippen LogP contribution in [0.4, 0.5) is 5.69 Å². The second-order valence-electron chi connectivity index (χ2n) is 16.1. The number of carbonyl (C=O) groups is 5. The number of benzene rings is 5. The molecule has 0 aromatic heterocycles. The van der Waals surface area contributed by atoms with Gasteiger partial charge in [0, 0.05) is 103 Å². The maximum atomic E-state index is 13.3. The molecular formula is C50H50N4O10. The molecule has 2 amide bonds. The molecule has 7 rings (SSSR count). The van der Waals surface area contributed by atoms with Crippen molar-refractivity contribution in [3.05, 3.63) is 125 Å². The average molecular weight is 867 g/mol. The van der Waals surface area contributed by atoms with Crippen molar-refractivity contribution in [2.45, 2.75) is 51.0 Å². The predicted molar refractivity (Wildman–Crippen MR) is 240 cm³/mol. The van der Waals surface area contributed by atoms with Crippen molar-refractivity contribution in [1.29, 1.82) is 0 Å². The molecule has 0 fully saturated rings. The molecule has 0 saturated carbocycles. The van der Waals surface area contributed by atoms with E-state index in [2.05, 4.69) is 10.6 Å². The third-order valence-electron chi connectivity index (χ3n) is 11.1. The first-order valence-electron chi connectivity index (χ1n) is 21.2. The lowest BCUT2D eigenvalue weighted by Crippen LogP contribution is -2.31. The molecule has 1 aliphatic carbocycles. The highest BCUT2D eigenvalue weighted by atomic mass is 16.5. The van der Waals surface area contributed by atoms with E-state index in [0.29, 0.717) is 82.1 Å². The third-order valence-corrected chi connectivity index (χ3v) is 11.1. The van der Waals surface area contributed by atoms with E-state index in [1.807, 2.05) is 98.3 Å². The number of Topliss-reactive ketones (excluding diaryl/α,β-unsaturated/α-hetero) is 1. The number of hydrogen-bond donors (Lipinski definition) is 3. The van der Waals surface area contributed by atoms with Gasteiger partial charge in [0.1, 0.15) is 42.7 Å². The minimum Gasteiger partial charge on any atom is -0.545 e. The number of ketones is 1. The van der Waals surface area contributed by atoms with Crippen LogP contribution in [-0.4, -0.2) is 76.0 Å². The van der Waals surface area contributed by atoms with E-state index >= 15 is 0 Å². The fraction of sp³-hybridized carbons (Fsp3) is 0.280. The lowest BCUT2D eigenvalue weighted by Gasteiger charge is -2.29. The number of nitrogens with zero attached hydrogens (tertiary/aromatic N) is 2. The van der Waals surface area contributed by atoms with Crippen LogP contribution in [0.1, 0.15) is 82.8 Å². The smallest absolute Gasteiger partial charge is 0.303 e. The van der Waals surface area contributed by atoms with Crippen LogP contribution >= 0.6 is 0 Å². The summed E-state index contributed by atoms with van der Waals surface area (Å²) in [7, 11) is 7.71. The van der Waals surface area contributed by atoms with Gasteiger partial charge in [-0.3, -0.25) is 19.2 Å². The molecule has 0 radical (unpaired) electrons. The quantitative estimate of drug-likeness (QED) is 0.0388. The van der Waals surface area contributed by atoms with Gasteiger partial charge < -0.3 is 44.4 Å². The van der Waals surface area contributed by atoms with Crippen LogP contribution in [0.5, 0.6) is 17.2 Å². The number of ether oxygens (including phenoxy) is 2. The van der Waals surface area contributed by atoms with Gasteiger partial charge in [-0.25, -0.2) is 4.58 Å². The molecule has 4 aromatic rings. The van der Waals surface area contributed by atoms with Gasteiger partial charge in [-0.1, -0.05) is 30.3 Å². The summed E-state index contributed by atoms with van der Waals surface area (Å²) in [4.78, 5) is 64.1. The summed E-state index contributed by atoms with van der Waals surface area (Å²) >= 11 is 0. The van der Waals surface area contributed by atoms with E-state index in [0.717, 1.165) is 16.6 Å². The van der Waals surface area contributed by atoms with Crippen LogP contribution in [0.2, 0.25) is 0 Å². The number of para-hydroxylation sites is 1. The van der Waals surface area contributed by atoms with Gasteiger partial charge in [-0.2, -0.15) is 0 Å². The second kappa shape index (κ2) is 19.7. The monoisotopic (exact) mass is 866 g/mol. The summed E-state index contributed by atoms with van der Waals surface area (Å²) < 4.78 is 20.4. The number of carbonyl (C=O) groups excluding carboxylic acids is 4. The van der Waals surface area contributed by atoms with Crippen molar-refractivity contribution in [2.75, 3.05) is 46.2 Å². The molecule has 0 saturated heterocycles. The number of rotatable bonds is 18. The van der Waals surface area contributed by atoms with E-state index in [1.165, 1.54) is 6.07 Å². The minimum atomic E-state index is -1.41. The van der Waals surface area contributed by atoms with Gasteiger partial charge in [-0.05, 0) is 67.3 Å². The molecule has 2 aliphatic heterocycles. The van der Waals surface area contributed by atoms with Gasteiger partial charge in [0.05, 0.1) is 31.1 Å². The summed E-state index contributed by atoms with van der Waals surface area (Å²) in [6.07, 6.45) is 1.49. The fourth-order valence-corrected chi connectivity index (χ4v) is 7.74. The fourth-order valence-electron chi connectivity index (χ4n) is 7.74. The van der Waals surface area contributed by atoms with E-state index < -0.39 is 18.0 Å². The van der Waals surface area contributed by atoms with Gasteiger partial charge in [-0.15, -0.1) is 0 Å². The summed E-state index contributed by atoms with van der Waals surface area (Å²) in [6.45, 7) is 0.626. The molecule has 14 nitrogen and oxygen atoms in total. The first-order valence-corrected chi connectivity index (χ1v) is 21.2. The molecule has 1 atom stereocenters. The van der Waals surface area contributed by atoms with Crippen LogP contribution in [0.15, 0.2) is 101 Å². The van der Waals surface area contributed by atoms with Crippen molar-refractivity contribution >= 4 is 46.2 Å². The number of aromatic carboxylic acids is 1. The standard InChI is InChI=1S/C50H50N4O10/c1-53(2)31-15-19-35-42(27-31)64-43-28-32(54(3)4)16-20-36(43)48(35)34-18-14-30(26-39(34)50(60)61)40(55)11-9-24-51-45(56)13-7-8-25-62-33-17-21-38-44(29-33)63-41-12-6-5-10-37(41)49(38)52-46(57)22-23-47(58)59/h5-6,10,12,14-21,26-29,49H,7-9,11,13,22-25H2,1-4H3,(H3-,51,52,56,57,58,59,60,61). The van der Waals surface area contributed by atoms with Crippen LogP contribution in [0.25, 0.3) is 33.4 Å². The summed E-state index contributed by atoms with van der Waals surface area (Å²) in [6, 6.07) is 28.3. The molecule has 3 aliphatic rings. The van der Waals surface area contributed by atoms with Gasteiger partial charge in [0.25, 0.3) is 0 Å². The first-order chi connectivity index (χ1) is 30.8. The molecule has 330 valence electrons. The van der Waals surface area contributed by atoms with Gasteiger partial charge in [0.15, 0.2) is 5.78 Å². The molecule has 3 N–H and O–H groups in total. The van der Waals surface area contributed by atoms with Crippen LogP contribution in [0, 0.1) is 0 Å². The van der Waals surface area contributed by atoms with Crippen LogP contribution in [-0.2, 0) is 14.4 Å². The molecule has 2 heterocycles. The largest absolute Gasteiger partial charge is 0.545 e. The zero-order chi connectivity index (χ0) is 45.5. The lowest BCUT2D eigenvalue weighted by molar-refractivity contribution is -0.255. The van der Waals surface area contributed by atoms with Crippen LogP contribution < -0.4 is 40.0 Å². The maximum absolute atomic E-state index is 13.3. The number of carboxylic acid groups (broad SMARTS) is 2. The van der Waals surface area contributed by atoms with E-state index in [4.69, 9.17) is 19.0 Å². The Morgan fingerprint density at radius 2 is 1.56 bits per heavy atom. The van der Waals surface area contributed by atoms with E-state index in [9.17, 15) is 29.1 Å². The number of unbranched alkanes of at least 4 members (excludes halogenated alkanes) is 1. The SMILES string of the molecule is CN(C)c1ccc2c(-c3ccc(C(=O)CCCNC(=O)CCCCOc4ccc5c(c4)Oc4ccccc4C5NC(=O)CCC(=O)O)cc3C(=O)[O-])c3ccc(=[N+](C)C)cc-3oc2c1. The molecule has 1 unspecified atom stereocenters. The Morgan fingerprint density at radius 3 is 2.33 bits per heavy atom. The van der Waals surface area contributed by atoms with Crippen molar-refractivity contribution in [3.8, 4) is 39.7 Å². The maximum Gasteiger partial charge on any atom is 0.303 e. The Balaban J connectivity index is 0.911. The number of nitrogens with one attached hydrogen (secondary N) is 2. The van der Waals surface area contributed by atoms with Crippen LogP contribution in [0.3, 0.4) is 0 Å². The lowest BCUT2D eigenvalue weighted by atomic mass is 9.89. The van der Waals surface area contributed by atoms with E-state index in [1.54, 1.807) is 30.3 Å². The summed E-state index contributed by atoms with van der Waals surface area (Å²) in [5.41, 5.74) is 4.89. The normalized spacial score (nSPS) is 12.7. The Kier molecular flexibility index (Phi) is 13.7. The zero-order valence-electron chi connectivity index (χ0n) is 36.2. The summed E-state index contributed by atoms with van der Waals surface area (Å²) in [5.74, 6) is -1.02. The number of carboxylic acids is 2. The highest BCUT2D eigenvalue weighted by Crippen LogP contribution is 2.45. The van der Waals surface area contributed by atoms with E-state index in [-0.39, 0.29) is 61.0 Å². The number of fused-ring (bicyclic) bond motifs is 4. The Hall–Kier alpha value is -7.48. The average Bonchev–Trinajstić information content (AvgIpc) is 3.27. The molecule has 4 aromatic carbocycles. The molecular weight excluding hydrogens is 817 g/mol. The van der Waals surface area contributed by atoms with Crippen molar-refractivity contribution in [2.24, 2.45) is 0 Å². The Morgan fingerprint density at radius 1 is 0.781 bits per heavy atom. The minimum absolute atomic E-state index is 0.102. The first kappa shape index (κ1) is 44.6. The number of amides is 2. The predicted octanol–water partition coefficient (Wildman–Crippen LogP) is 6.17. The number of anilines is 1. The molecule has 14 heteroatoms. The molecule has 0 spiro atoms. The zero-order valence-corrected chi connectivity index (χ0v) is 36.2.